The van der Waals surface area contributed by atoms with Crippen LogP contribution in [0.1, 0.15) is 85.0 Å². The van der Waals surface area contributed by atoms with E-state index in [-0.39, 0.29) is 16.2 Å². The molecule has 0 aliphatic heterocycles. The smallest absolute Gasteiger partial charge is 0.0714 e. The van der Waals surface area contributed by atoms with E-state index in [2.05, 4.69) is 209 Å². The lowest BCUT2D eigenvalue weighted by Crippen LogP contribution is -2.28. The van der Waals surface area contributed by atoms with Crippen LogP contribution in [0.2, 0.25) is 0 Å². The molecule has 3 aliphatic carbocycles. The maximum Gasteiger partial charge on any atom is 0.0714 e. The third kappa shape index (κ3) is 4.43. The number of hydrogen-bond acceptors (Lipinski definition) is 1. The van der Waals surface area contributed by atoms with Crippen LogP contribution in [0.15, 0.2) is 176 Å². The summed E-state index contributed by atoms with van der Waals surface area (Å²) >= 11 is 0. The van der Waals surface area contributed by atoms with E-state index in [0.717, 1.165) is 12.8 Å². The van der Waals surface area contributed by atoms with Gasteiger partial charge in [0.15, 0.2) is 0 Å². The van der Waals surface area contributed by atoms with E-state index in [1.54, 1.807) is 0 Å². The van der Waals surface area contributed by atoms with Gasteiger partial charge < -0.3 is 4.90 Å². The Morgan fingerprint density at radius 3 is 1.60 bits per heavy atom. The SMILES string of the molecule is CC1(C)CC2(CC(C)(C)c3c(N(c4ccccc4)c4ccc5c(c4)C(c4ccccc4)(c4ccccc4)c4ccccc4-5)cccc32)c2ccccc21. The number of para-hydroxylation sites is 1. The van der Waals surface area contributed by atoms with Crippen LogP contribution in [0, 0.1) is 0 Å². The van der Waals surface area contributed by atoms with E-state index in [0.29, 0.717) is 0 Å². The molecule has 1 heteroatoms. The van der Waals surface area contributed by atoms with Gasteiger partial charge in [-0.05, 0) is 110 Å². The number of fused-ring (bicyclic) bond motifs is 7. The van der Waals surface area contributed by atoms with Crippen molar-refractivity contribution in [1.82, 2.24) is 0 Å². The number of hydrogen-bond donors (Lipinski definition) is 0. The number of benzene rings is 7. The van der Waals surface area contributed by atoms with Crippen molar-refractivity contribution in [2.75, 3.05) is 4.90 Å². The van der Waals surface area contributed by atoms with Gasteiger partial charge >= 0.3 is 0 Å². The maximum atomic E-state index is 2.55. The Hall–Kier alpha value is -5.66. The molecule has 0 amide bonds. The van der Waals surface area contributed by atoms with Crippen molar-refractivity contribution in [3.05, 3.63) is 220 Å². The van der Waals surface area contributed by atoms with Crippen molar-refractivity contribution >= 4 is 17.1 Å². The van der Waals surface area contributed by atoms with Crippen LogP contribution in [-0.2, 0) is 21.7 Å². The Labute approximate surface area is 314 Å². The molecule has 7 aromatic rings. The quantitative estimate of drug-likeness (QED) is 0.175. The molecule has 1 unspecified atom stereocenters. The molecular weight excluding hydrogens is 639 g/mol. The fourth-order valence-electron chi connectivity index (χ4n) is 11.2. The topological polar surface area (TPSA) is 3.24 Å². The first-order chi connectivity index (χ1) is 25.8. The van der Waals surface area contributed by atoms with Gasteiger partial charge in [-0.15, -0.1) is 0 Å². The van der Waals surface area contributed by atoms with Crippen LogP contribution >= 0.6 is 0 Å². The first-order valence-electron chi connectivity index (χ1n) is 19.2. The third-order valence-electron chi connectivity index (χ3n) is 12.8. The summed E-state index contributed by atoms with van der Waals surface area (Å²) < 4.78 is 0. The van der Waals surface area contributed by atoms with Crippen LogP contribution in [0.5, 0.6) is 0 Å². The molecule has 0 radical (unpaired) electrons. The number of anilines is 3. The Kier molecular flexibility index (Phi) is 6.90. The first-order valence-corrected chi connectivity index (χ1v) is 19.2. The molecule has 258 valence electrons. The zero-order valence-electron chi connectivity index (χ0n) is 31.1. The zero-order valence-corrected chi connectivity index (χ0v) is 31.1. The summed E-state index contributed by atoms with van der Waals surface area (Å²) in [6.45, 7) is 9.85. The lowest BCUT2D eigenvalue weighted by Gasteiger charge is -2.35. The van der Waals surface area contributed by atoms with Crippen LogP contribution in [0.3, 0.4) is 0 Å². The van der Waals surface area contributed by atoms with Gasteiger partial charge in [0, 0.05) is 16.8 Å². The lowest BCUT2D eigenvalue weighted by molar-refractivity contribution is 0.350. The summed E-state index contributed by atoms with van der Waals surface area (Å²) in [5, 5.41) is 0. The van der Waals surface area contributed by atoms with E-state index in [1.165, 1.54) is 72.7 Å². The van der Waals surface area contributed by atoms with Gasteiger partial charge in [-0.3, -0.25) is 0 Å². The van der Waals surface area contributed by atoms with Crippen LogP contribution < -0.4 is 4.90 Å². The van der Waals surface area contributed by atoms with E-state index in [1.807, 2.05) is 0 Å². The highest BCUT2D eigenvalue weighted by Gasteiger charge is 2.57. The van der Waals surface area contributed by atoms with Crippen molar-refractivity contribution in [1.29, 1.82) is 0 Å². The predicted molar refractivity (Wildman–Crippen MR) is 221 cm³/mol. The summed E-state index contributed by atoms with van der Waals surface area (Å²) in [5.74, 6) is 0. The molecule has 3 aliphatic rings. The van der Waals surface area contributed by atoms with Gasteiger partial charge in [-0.25, -0.2) is 0 Å². The van der Waals surface area contributed by atoms with E-state index < -0.39 is 5.41 Å². The van der Waals surface area contributed by atoms with Gasteiger partial charge in [0.05, 0.1) is 11.1 Å². The summed E-state index contributed by atoms with van der Waals surface area (Å²) in [4.78, 5) is 2.55. The highest BCUT2D eigenvalue weighted by atomic mass is 15.1. The van der Waals surface area contributed by atoms with Crippen LogP contribution in [-0.4, -0.2) is 0 Å². The summed E-state index contributed by atoms with van der Waals surface area (Å²) in [7, 11) is 0. The van der Waals surface area contributed by atoms with Crippen LogP contribution in [0.25, 0.3) is 11.1 Å². The first kappa shape index (κ1) is 32.0. The minimum Gasteiger partial charge on any atom is -0.310 e. The van der Waals surface area contributed by atoms with Gasteiger partial charge in [0.1, 0.15) is 0 Å². The maximum absolute atomic E-state index is 2.55. The molecule has 1 nitrogen and oxygen atoms in total. The van der Waals surface area contributed by atoms with Crippen molar-refractivity contribution in [2.45, 2.75) is 62.2 Å². The van der Waals surface area contributed by atoms with Gasteiger partial charge in [-0.1, -0.05) is 173 Å². The Morgan fingerprint density at radius 1 is 0.396 bits per heavy atom. The predicted octanol–water partition coefficient (Wildman–Crippen LogP) is 13.2. The fourth-order valence-corrected chi connectivity index (χ4v) is 11.2. The van der Waals surface area contributed by atoms with Crippen molar-refractivity contribution in [3.63, 3.8) is 0 Å². The van der Waals surface area contributed by atoms with Gasteiger partial charge in [0.25, 0.3) is 0 Å². The highest BCUT2D eigenvalue weighted by molar-refractivity contribution is 5.90. The minimum atomic E-state index is -0.464. The van der Waals surface area contributed by atoms with E-state index in [4.69, 9.17) is 0 Å². The molecule has 1 atom stereocenters. The van der Waals surface area contributed by atoms with Gasteiger partial charge in [-0.2, -0.15) is 0 Å². The second-order valence-electron chi connectivity index (χ2n) is 16.9. The average molecular weight is 684 g/mol. The molecule has 0 fully saturated rings. The second-order valence-corrected chi connectivity index (χ2v) is 16.9. The Morgan fingerprint density at radius 2 is 0.925 bits per heavy atom. The Bertz CT molecular complexity index is 2470. The number of nitrogens with zero attached hydrogens (tertiary/aromatic N) is 1. The number of rotatable bonds is 5. The summed E-state index contributed by atoms with van der Waals surface area (Å²) in [6, 6.07) is 66.0. The molecule has 10 rings (SSSR count). The second kappa shape index (κ2) is 11.4. The molecule has 53 heavy (non-hydrogen) atoms. The zero-order chi connectivity index (χ0) is 36.0. The van der Waals surface area contributed by atoms with Crippen molar-refractivity contribution in [3.8, 4) is 11.1 Å². The van der Waals surface area contributed by atoms with Crippen LogP contribution in [0.4, 0.5) is 17.1 Å². The molecule has 1 spiro atoms. The average Bonchev–Trinajstić information content (AvgIpc) is 3.71. The van der Waals surface area contributed by atoms with Crippen molar-refractivity contribution < 1.29 is 0 Å². The van der Waals surface area contributed by atoms with E-state index in [9.17, 15) is 0 Å². The highest BCUT2D eigenvalue weighted by Crippen LogP contribution is 2.65. The molecule has 0 aromatic heterocycles. The molecule has 0 saturated heterocycles. The fraction of sp³-hybridized carbons (Fsp3) is 0.192. The molecular formula is C52H45N. The largest absolute Gasteiger partial charge is 0.310 e. The summed E-state index contributed by atoms with van der Waals surface area (Å²) in [6.07, 6.45) is 2.22. The molecule has 0 N–H and O–H groups in total. The molecule has 7 aromatic carbocycles. The molecule has 0 heterocycles. The monoisotopic (exact) mass is 683 g/mol. The standard InChI is InChI=1S/C52H45N/c1-49(2)34-51(44-28-17-16-27-43(44)49)35-50(3,4)48-45(51)29-18-30-47(48)53(38-23-12-7-13-24-38)39-31-32-41-40-25-14-15-26-42(40)52(46(41)33-39,36-19-8-5-9-20-36)37-21-10-6-11-22-37/h5-33H,34-35H2,1-4H3. The van der Waals surface area contributed by atoms with E-state index >= 15 is 0 Å². The van der Waals surface area contributed by atoms with Crippen molar-refractivity contribution in [2.24, 2.45) is 0 Å². The lowest BCUT2D eigenvalue weighted by atomic mass is 9.67. The normalized spacial score (nSPS) is 19.3. The molecule has 0 bridgehead atoms. The molecule has 0 saturated carbocycles. The minimum absolute atomic E-state index is 0.0212. The van der Waals surface area contributed by atoms with Gasteiger partial charge in [0.2, 0.25) is 0 Å². The summed E-state index contributed by atoms with van der Waals surface area (Å²) in [5.41, 5.74) is 17.0. The Balaban J connectivity index is 1.25. The third-order valence-corrected chi connectivity index (χ3v) is 12.8.